The molecule has 1 atom stereocenters. The van der Waals surface area contributed by atoms with Crippen LogP contribution in [0.15, 0.2) is 18.2 Å². The standard InChI is InChI=1S/C27H42ClN3O2/c1-20(2)33-25-9-10-26(28)22(18-25)17-21-11-14-30(15-12-21)19-24-13-16-31(27(32)29(24)3)23-7-5-4-6-8-23/h9-10,18,20-21,23-24H,4-8,11-17,19H2,1-3H3. The lowest BCUT2D eigenvalue weighted by atomic mass is 9.89. The van der Waals surface area contributed by atoms with E-state index in [1.54, 1.807) is 0 Å². The second kappa shape index (κ2) is 11.3. The molecule has 5 nitrogen and oxygen atoms in total. The summed E-state index contributed by atoms with van der Waals surface area (Å²) in [5, 5.41) is 0.846. The number of urea groups is 1. The summed E-state index contributed by atoms with van der Waals surface area (Å²) >= 11 is 6.50. The first-order valence-corrected chi connectivity index (χ1v) is 13.5. The van der Waals surface area contributed by atoms with Crippen LogP contribution in [0.5, 0.6) is 5.75 Å². The van der Waals surface area contributed by atoms with Crippen molar-refractivity contribution in [2.75, 3.05) is 33.2 Å². The zero-order valence-corrected chi connectivity index (χ0v) is 21.5. The number of nitrogens with zero attached hydrogens (tertiary/aromatic N) is 3. The topological polar surface area (TPSA) is 36.0 Å². The van der Waals surface area contributed by atoms with Crippen molar-refractivity contribution in [3.05, 3.63) is 28.8 Å². The Morgan fingerprint density at radius 2 is 1.76 bits per heavy atom. The van der Waals surface area contributed by atoms with Crippen molar-refractivity contribution in [3.8, 4) is 5.75 Å². The molecule has 0 N–H and O–H groups in total. The van der Waals surface area contributed by atoms with E-state index in [0.717, 1.165) is 49.8 Å². The molecule has 3 aliphatic rings. The van der Waals surface area contributed by atoms with E-state index in [1.165, 1.54) is 50.5 Å². The highest BCUT2D eigenvalue weighted by Crippen LogP contribution is 2.30. The van der Waals surface area contributed by atoms with Crippen LogP contribution in [0.1, 0.15) is 70.8 Å². The van der Waals surface area contributed by atoms with Crippen molar-refractivity contribution in [2.24, 2.45) is 5.92 Å². The molecule has 1 unspecified atom stereocenters. The number of rotatable bonds is 7. The van der Waals surface area contributed by atoms with E-state index < -0.39 is 0 Å². The molecule has 1 aromatic rings. The van der Waals surface area contributed by atoms with E-state index in [9.17, 15) is 4.79 Å². The average molecular weight is 476 g/mol. The monoisotopic (exact) mass is 475 g/mol. The Morgan fingerprint density at radius 3 is 2.45 bits per heavy atom. The number of carbonyl (C=O) groups is 1. The highest BCUT2D eigenvalue weighted by atomic mass is 35.5. The van der Waals surface area contributed by atoms with Crippen LogP contribution in [0.2, 0.25) is 5.02 Å². The summed E-state index contributed by atoms with van der Waals surface area (Å²) in [5.41, 5.74) is 1.20. The highest BCUT2D eigenvalue weighted by Gasteiger charge is 2.36. The summed E-state index contributed by atoms with van der Waals surface area (Å²) < 4.78 is 5.86. The molecule has 2 heterocycles. The van der Waals surface area contributed by atoms with Crippen LogP contribution in [0.4, 0.5) is 4.79 Å². The first kappa shape index (κ1) is 24.7. The zero-order valence-electron chi connectivity index (χ0n) is 20.8. The van der Waals surface area contributed by atoms with Gasteiger partial charge in [0.15, 0.2) is 0 Å². The quantitative estimate of drug-likeness (QED) is 0.497. The van der Waals surface area contributed by atoms with Crippen molar-refractivity contribution >= 4 is 17.6 Å². The molecule has 0 bridgehead atoms. The second-order valence-corrected chi connectivity index (χ2v) is 11.1. The number of ether oxygens (including phenoxy) is 1. The minimum atomic E-state index is 0.168. The smallest absolute Gasteiger partial charge is 0.320 e. The Kier molecular flexibility index (Phi) is 8.45. The van der Waals surface area contributed by atoms with Crippen molar-refractivity contribution < 1.29 is 9.53 Å². The number of amides is 2. The number of piperidine rings is 1. The van der Waals surface area contributed by atoms with Crippen LogP contribution in [0.25, 0.3) is 0 Å². The molecule has 184 valence electrons. The maximum absolute atomic E-state index is 13.1. The Bertz CT molecular complexity index is 788. The van der Waals surface area contributed by atoms with E-state index in [-0.39, 0.29) is 12.1 Å². The van der Waals surface area contributed by atoms with Crippen LogP contribution in [0.3, 0.4) is 0 Å². The molecule has 0 radical (unpaired) electrons. The minimum Gasteiger partial charge on any atom is -0.491 e. The van der Waals surface area contributed by atoms with E-state index in [4.69, 9.17) is 16.3 Å². The number of benzene rings is 1. The lowest BCUT2D eigenvalue weighted by Crippen LogP contribution is -2.58. The summed E-state index contributed by atoms with van der Waals surface area (Å²) in [6.07, 6.45) is 10.9. The molecule has 4 rings (SSSR count). The van der Waals surface area contributed by atoms with Crippen LogP contribution in [-0.2, 0) is 6.42 Å². The fourth-order valence-electron chi connectivity index (χ4n) is 5.92. The molecule has 1 aliphatic carbocycles. The fourth-order valence-corrected chi connectivity index (χ4v) is 6.11. The average Bonchev–Trinajstić information content (AvgIpc) is 2.81. The largest absolute Gasteiger partial charge is 0.491 e. The number of likely N-dealkylation sites (tertiary alicyclic amines) is 1. The van der Waals surface area contributed by atoms with E-state index in [1.807, 2.05) is 24.1 Å². The Hall–Kier alpha value is -1.46. The lowest BCUT2D eigenvalue weighted by molar-refractivity contribution is 0.0611. The summed E-state index contributed by atoms with van der Waals surface area (Å²) in [6.45, 7) is 8.25. The van der Waals surface area contributed by atoms with Crippen LogP contribution in [-0.4, -0.2) is 72.1 Å². The Morgan fingerprint density at radius 1 is 1.03 bits per heavy atom. The lowest BCUT2D eigenvalue weighted by Gasteiger charge is -2.45. The normalized spacial score (nSPS) is 24.0. The molecule has 1 saturated carbocycles. The number of hydrogen-bond donors (Lipinski definition) is 0. The highest BCUT2D eigenvalue weighted by molar-refractivity contribution is 6.31. The summed E-state index contributed by atoms with van der Waals surface area (Å²) in [5.74, 6) is 1.56. The Labute approximate surface area is 205 Å². The van der Waals surface area contributed by atoms with E-state index >= 15 is 0 Å². The summed E-state index contributed by atoms with van der Waals surface area (Å²) in [4.78, 5) is 19.8. The molecule has 0 aromatic heterocycles. The van der Waals surface area contributed by atoms with Gasteiger partial charge in [0.1, 0.15) is 5.75 Å². The van der Waals surface area contributed by atoms with E-state index in [0.29, 0.717) is 18.0 Å². The number of hydrogen-bond acceptors (Lipinski definition) is 3. The van der Waals surface area contributed by atoms with Gasteiger partial charge in [-0.05, 0) is 95.1 Å². The van der Waals surface area contributed by atoms with Crippen LogP contribution < -0.4 is 4.74 Å². The van der Waals surface area contributed by atoms with Gasteiger partial charge in [-0.15, -0.1) is 0 Å². The maximum Gasteiger partial charge on any atom is 0.320 e. The van der Waals surface area contributed by atoms with E-state index in [2.05, 4.69) is 29.7 Å². The molecule has 2 saturated heterocycles. The van der Waals surface area contributed by atoms with Gasteiger partial charge in [0, 0.05) is 37.2 Å². The maximum atomic E-state index is 13.1. The summed E-state index contributed by atoms with van der Waals surface area (Å²) in [6, 6.07) is 7.12. The first-order valence-electron chi connectivity index (χ1n) is 13.1. The molecule has 33 heavy (non-hydrogen) atoms. The molecule has 2 amide bonds. The van der Waals surface area contributed by atoms with Crippen molar-refractivity contribution in [1.82, 2.24) is 14.7 Å². The fraction of sp³-hybridized carbons (Fsp3) is 0.741. The third kappa shape index (κ3) is 6.36. The van der Waals surface area contributed by atoms with Gasteiger partial charge in [0.05, 0.1) is 6.10 Å². The van der Waals surface area contributed by atoms with Gasteiger partial charge in [-0.25, -0.2) is 4.79 Å². The van der Waals surface area contributed by atoms with Crippen LogP contribution >= 0.6 is 11.6 Å². The molecule has 3 fully saturated rings. The molecule has 0 spiro atoms. The van der Waals surface area contributed by atoms with Crippen molar-refractivity contribution in [1.29, 1.82) is 0 Å². The van der Waals surface area contributed by atoms with Gasteiger partial charge >= 0.3 is 6.03 Å². The van der Waals surface area contributed by atoms with Gasteiger partial charge in [-0.1, -0.05) is 30.9 Å². The minimum absolute atomic E-state index is 0.168. The van der Waals surface area contributed by atoms with Gasteiger partial charge < -0.3 is 19.4 Å². The molecule has 1 aromatic carbocycles. The van der Waals surface area contributed by atoms with Crippen LogP contribution in [0, 0.1) is 5.92 Å². The SMILES string of the molecule is CC(C)Oc1ccc(Cl)c(CC2CCN(CC3CCN(C4CCCCC4)C(=O)N3C)CC2)c1. The molecule has 6 heteroatoms. The third-order valence-electron chi connectivity index (χ3n) is 7.89. The molecule has 2 aliphatic heterocycles. The molecular weight excluding hydrogens is 434 g/mol. The van der Waals surface area contributed by atoms with Crippen molar-refractivity contribution in [2.45, 2.75) is 89.8 Å². The van der Waals surface area contributed by atoms with Gasteiger partial charge in [0.2, 0.25) is 0 Å². The second-order valence-electron chi connectivity index (χ2n) is 10.7. The van der Waals surface area contributed by atoms with Gasteiger partial charge in [0.25, 0.3) is 0 Å². The zero-order chi connectivity index (χ0) is 23.4. The predicted molar refractivity (Wildman–Crippen MR) is 135 cm³/mol. The van der Waals surface area contributed by atoms with Gasteiger partial charge in [-0.3, -0.25) is 0 Å². The molecular formula is C27H42ClN3O2. The van der Waals surface area contributed by atoms with Crippen molar-refractivity contribution in [3.63, 3.8) is 0 Å². The van der Waals surface area contributed by atoms with Gasteiger partial charge in [-0.2, -0.15) is 0 Å². The Balaban J connectivity index is 1.25. The number of likely N-dealkylation sites (N-methyl/N-ethyl adjacent to an activating group) is 1. The summed E-state index contributed by atoms with van der Waals surface area (Å²) in [7, 11) is 2.02. The predicted octanol–water partition coefficient (Wildman–Crippen LogP) is 5.84. The number of carbonyl (C=O) groups excluding carboxylic acids is 1. The first-order chi connectivity index (χ1) is 15.9. The number of halogens is 1. The third-order valence-corrected chi connectivity index (χ3v) is 8.26.